The maximum atomic E-state index is 12.1. The maximum absolute atomic E-state index is 12.1. The number of non-ortho nitro benzene ring substituents is 1. The van der Waals surface area contributed by atoms with E-state index in [1.807, 2.05) is 0 Å². The zero-order valence-corrected chi connectivity index (χ0v) is 11.3. The fraction of sp³-hybridized carbons (Fsp3) is 0.455. The van der Waals surface area contributed by atoms with Crippen molar-refractivity contribution in [3.63, 3.8) is 0 Å². The van der Waals surface area contributed by atoms with E-state index in [9.17, 15) is 23.6 Å². The van der Waals surface area contributed by atoms with Crippen molar-refractivity contribution in [3.05, 3.63) is 34.4 Å². The summed E-state index contributed by atoms with van der Waals surface area (Å²) < 4.78 is 26.7. The van der Waals surface area contributed by atoms with Gasteiger partial charge in [-0.2, -0.15) is 0 Å². The summed E-state index contributed by atoms with van der Waals surface area (Å²) in [6.07, 6.45) is -0.315. The molecular formula is C11H15N3O5S. The Balaban J connectivity index is 2.15. The van der Waals surface area contributed by atoms with Gasteiger partial charge in [0.1, 0.15) is 0 Å². The van der Waals surface area contributed by atoms with Crippen molar-refractivity contribution in [1.82, 2.24) is 10.0 Å². The largest absolute Gasteiger partial charge is 0.390 e. The Morgan fingerprint density at radius 2 is 2.00 bits per heavy atom. The number of nitrogens with zero attached hydrogens (tertiary/aromatic N) is 1. The van der Waals surface area contributed by atoms with Crippen molar-refractivity contribution in [2.45, 2.75) is 23.5 Å². The predicted molar refractivity (Wildman–Crippen MR) is 70.7 cm³/mol. The van der Waals surface area contributed by atoms with E-state index in [1.165, 1.54) is 12.1 Å². The zero-order valence-electron chi connectivity index (χ0n) is 10.5. The van der Waals surface area contributed by atoms with E-state index in [0.717, 1.165) is 12.1 Å². The molecule has 9 heteroatoms. The number of aliphatic hydroxyl groups is 1. The summed E-state index contributed by atoms with van der Waals surface area (Å²) in [5.74, 6) is 0. The van der Waals surface area contributed by atoms with Crippen molar-refractivity contribution < 1.29 is 18.4 Å². The lowest BCUT2D eigenvalue weighted by molar-refractivity contribution is -0.384. The molecule has 0 saturated carbocycles. The third-order valence-electron chi connectivity index (χ3n) is 3.11. The van der Waals surface area contributed by atoms with Crippen LogP contribution in [0.1, 0.15) is 6.42 Å². The number of nitro benzene ring substituents is 1. The average Bonchev–Trinajstić information content (AvgIpc) is 2.41. The molecule has 1 aromatic carbocycles. The van der Waals surface area contributed by atoms with Crippen molar-refractivity contribution >= 4 is 15.7 Å². The van der Waals surface area contributed by atoms with Gasteiger partial charge in [-0.15, -0.1) is 0 Å². The van der Waals surface area contributed by atoms with Gasteiger partial charge < -0.3 is 10.4 Å². The van der Waals surface area contributed by atoms with Gasteiger partial charge >= 0.3 is 0 Å². The highest BCUT2D eigenvalue weighted by Gasteiger charge is 2.28. The monoisotopic (exact) mass is 301 g/mol. The summed E-state index contributed by atoms with van der Waals surface area (Å²) >= 11 is 0. The SMILES string of the molecule is O=[N+]([O-])c1ccc(S(=O)(=O)NC2CCNCC2O)cc1. The molecule has 0 aliphatic carbocycles. The Kier molecular flexibility index (Phi) is 4.33. The number of sulfonamides is 1. The molecule has 0 spiro atoms. The molecule has 0 bridgehead atoms. The van der Waals surface area contributed by atoms with Crippen LogP contribution in [0.15, 0.2) is 29.2 Å². The van der Waals surface area contributed by atoms with E-state index < -0.39 is 27.1 Å². The van der Waals surface area contributed by atoms with E-state index in [-0.39, 0.29) is 10.6 Å². The third kappa shape index (κ3) is 3.31. The molecule has 0 aromatic heterocycles. The number of β-amino-alcohol motifs (C(OH)–C–C–N with tert-alkyl or cyclic N) is 1. The molecule has 1 saturated heterocycles. The molecule has 2 unspecified atom stereocenters. The van der Waals surface area contributed by atoms with Gasteiger partial charge in [-0.3, -0.25) is 10.1 Å². The first-order chi connectivity index (χ1) is 9.40. The molecule has 1 heterocycles. The fourth-order valence-electron chi connectivity index (χ4n) is 1.99. The van der Waals surface area contributed by atoms with Crippen molar-refractivity contribution in [3.8, 4) is 0 Å². The quantitative estimate of drug-likeness (QED) is 0.513. The smallest absolute Gasteiger partial charge is 0.269 e. The van der Waals surface area contributed by atoms with Gasteiger partial charge in [0, 0.05) is 18.7 Å². The van der Waals surface area contributed by atoms with E-state index in [1.54, 1.807) is 0 Å². The number of hydrogen-bond acceptors (Lipinski definition) is 6. The first-order valence-electron chi connectivity index (χ1n) is 6.06. The summed E-state index contributed by atoms with van der Waals surface area (Å²) in [6.45, 7) is 0.942. The Morgan fingerprint density at radius 3 is 2.55 bits per heavy atom. The predicted octanol–water partition coefficient (Wildman–Crippen LogP) is -0.404. The van der Waals surface area contributed by atoms with Crippen LogP contribution in [-0.4, -0.2) is 43.7 Å². The molecule has 2 atom stereocenters. The van der Waals surface area contributed by atoms with Crippen LogP contribution in [0.4, 0.5) is 5.69 Å². The molecule has 2 rings (SSSR count). The second-order valence-corrected chi connectivity index (χ2v) is 6.25. The van der Waals surface area contributed by atoms with Gasteiger partial charge in [-0.25, -0.2) is 13.1 Å². The van der Waals surface area contributed by atoms with E-state index >= 15 is 0 Å². The summed E-state index contributed by atoms with van der Waals surface area (Å²) in [6, 6.07) is 4.05. The van der Waals surface area contributed by atoms with Crippen molar-refractivity contribution in [2.75, 3.05) is 13.1 Å². The molecule has 3 N–H and O–H groups in total. The number of aliphatic hydroxyl groups excluding tert-OH is 1. The number of hydrogen-bond donors (Lipinski definition) is 3. The molecule has 1 fully saturated rings. The molecule has 1 aliphatic rings. The normalized spacial score (nSPS) is 23.4. The highest BCUT2D eigenvalue weighted by Crippen LogP contribution is 2.17. The summed E-state index contributed by atoms with van der Waals surface area (Å²) in [5, 5.41) is 23.2. The zero-order chi connectivity index (χ0) is 14.8. The van der Waals surface area contributed by atoms with Crippen LogP contribution in [-0.2, 0) is 10.0 Å². The van der Waals surface area contributed by atoms with Crippen LogP contribution < -0.4 is 10.0 Å². The topological polar surface area (TPSA) is 122 Å². The van der Waals surface area contributed by atoms with Crippen LogP contribution >= 0.6 is 0 Å². The van der Waals surface area contributed by atoms with Gasteiger partial charge in [-0.1, -0.05) is 0 Å². The Labute approximate surface area is 116 Å². The maximum Gasteiger partial charge on any atom is 0.269 e. The molecule has 1 aliphatic heterocycles. The van der Waals surface area contributed by atoms with Crippen LogP contribution in [0.2, 0.25) is 0 Å². The second-order valence-electron chi connectivity index (χ2n) is 4.54. The average molecular weight is 301 g/mol. The summed E-state index contributed by atoms with van der Waals surface area (Å²) in [5.41, 5.74) is -0.175. The minimum absolute atomic E-state index is 0.0613. The molecule has 20 heavy (non-hydrogen) atoms. The number of nitro groups is 1. The fourth-order valence-corrected chi connectivity index (χ4v) is 3.30. The van der Waals surface area contributed by atoms with Gasteiger partial charge in [0.25, 0.3) is 5.69 Å². The highest BCUT2D eigenvalue weighted by molar-refractivity contribution is 7.89. The summed E-state index contributed by atoms with van der Waals surface area (Å²) in [4.78, 5) is 9.86. The molecular weight excluding hydrogens is 286 g/mol. The Bertz CT molecular complexity index is 587. The van der Waals surface area contributed by atoms with Gasteiger partial charge in [-0.05, 0) is 25.1 Å². The van der Waals surface area contributed by atoms with E-state index in [2.05, 4.69) is 10.0 Å². The van der Waals surface area contributed by atoms with Gasteiger partial charge in [0.15, 0.2) is 0 Å². The minimum Gasteiger partial charge on any atom is -0.390 e. The van der Waals surface area contributed by atoms with Crippen LogP contribution in [0.3, 0.4) is 0 Å². The molecule has 1 aromatic rings. The van der Waals surface area contributed by atoms with E-state index in [0.29, 0.717) is 19.5 Å². The minimum atomic E-state index is -3.80. The lowest BCUT2D eigenvalue weighted by Gasteiger charge is -2.28. The summed E-state index contributed by atoms with van der Waals surface area (Å²) in [7, 11) is -3.80. The number of benzene rings is 1. The number of rotatable bonds is 4. The van der Waals surface area contributed by atoms with E-state index in [4.69, 9.17) is 0 Å². The first kappa shape index (κ1) is 14.9. The molecule has 110 valence electrons. The molecule has 0 amide bonds. The first-order valence-corrected chi connectivity index (χ1v) is 7.54. The lowest BCUT2D eigenvalue weighted by atomic mass is 10.1. The van der Waals surface area contributed by atoms with Crippen LogP contribution in [0.25, 0.3) is 0 Å². The van der Waals surface area contributed by atoms with Crippen molar-refractivity contribution in [2.24, 2.45) is 0 Å². The number of nitrogens with one attached hydrogen (secondary N) is 2. The van der Waals surface area contributed by atoms with Crippen LogP contribution in [0, 0.1) is 10.1 Å². The second kappa shape index (κ2) is 5.83. The van der Waals surface area contributed by atoms with Crippen LogP contribution in [0.5, 0.6) is 0 Å². The third-order valence-corrected chi connectivity index (χ3v) is 4.62. The van der Waals surface area contributed by atoms with Gasteiger partial charge in [0.2, 0.25) is 10.0 Å². The Morgan fingerprint density at radius 1 is 1.35 bits per heavy atom. The highest BCUT2D eigenvalue weighted by atomic mass is 32.2. The number of piperidine rings is 1. The standard InChI is InChI=1S/C11H15N3O5S/c15-11-7-12-6-5-10(11)13-20(18,19)9-3-1-8(2-4-9)14(16)17/h1-4,10-13,15H,5-7H2. The molecule has 0 radical (unpaired) electrons. The van der Waals surface area contributed by atoms with Crippen molar-refractivity contribution in [1.29, 1.82) is 0 Å². The molecule has 8 nitrogen and oxygen atoms in total. The Hall–Kier alpha value is -1.55. The lowest BCUT2D eigenvalue weighted by Crippen LogP contribution is -2.52. The van der Waals surface area contributed by atoms with Gasteiger partial charge in [0.05, 0.1) is 22.0 Å².